The highest BCUT2D eigenvalue weighted by Gasteiger charge is 2.21. The van der Waals surface area contributed by atoms with E-state index in [0.717, 1.165) is 24.4 Å². The SMILES string of the molecule is COC(=O)CCc1ccc(OC(C)C2CCNCC2)cc1. The lowest BCUT2D eigenvalue weighted by Crippen LogP contribution is -2.35. The molecule has 0 radical (unpaired) electrons. The van der Waals surface area contributed by atoms with Gasteiger partial charge >= 0.3 is 5.97 Å². The number of rotatable bonds is 6. The Morgan fingerprint density at radius 2 is 1.95 bits per heavy atom. The fraction of sp³-hybridized carbons (Fsp3) is 0.588. The van der Waals surface area contributed by atoms with Crippen molar-refractivity contribution in [2.75, 3.05) is 20.2 Å². The molecule has 1 aromatic rings. The zero-order valence-electron chi connectivity index (χ0n) is 12.9. The number of piperidine rings is 1. The van der Waals surface area contributed by atoms with Crippen LogP contribution in [-0.4, -0.2) is 32.3 Å². The number of esters is 1. The van der Waals surface area contributed by atoms with Crippen LogP contribution in [0.2, 0.25) is 0 Å². The van der Waals surface area contributed by atoms with Crippen LogP contribution in [0.3, 0.4) is 0 Å². The minimum Gasteiger partial charge on any atom is -0.490 e. The van der Waals surface area contributed by atoms with Gasteiger partial charge in [-0.1, -0.05) is 12.1 Å². The molecule has 4 nitrogen and oxygen atoms in total. The van der Waals surface area contributed by atoms with E-state index in [4.69, 9.17) is 4.74 Å². The minimum absolute atomic E-state index is 0.171. The van der Waals surface area contributed by atoms with Gasteiger partial charge in [-0.3, -0.25) is 4.79 Å². The van der Waals surface area contributed by atoms with Crippen LogP contribution in [0.5, 0.6) is 5.75 Å². The quantitative estimate of drug-likeness (QED) is 0.818. The molecule has 0 spiro atoms. The van der Waals surface area contributed by atoms with Crippen LogP contribution in [0.1, 0.15) is 31.7 Å². The monoisotopic (exact) mass is 291 g/mol. The second kappa shape index (κ2) is 8.03. The van der Waals surface area contributed by atoms with Gasteiger partial charge in [-0.25, -0.2) is 0 Å². The van der Waals surface area contributed by atoms with E-state index >= 15 is 0 Å². The third kappa shape index (κ3) is 5.05. The average Bonchev–Trinajstić information content (AvgIpc) is 2.54. The van der Waals surface area contributed by atoms with Gasteiger partial charge in [-0.05, 0) is 62.9 Å². The third-order valence-electron chi connectivity index (χ3n) is 4.14. The second-order valence-electron chi connectivity index (χ2n) is 5.63. The highest BCUT2D eigenvalue weighted by Crippen LogP contribution is 2.22. The lowest BCUT2D eigenvalue weighted by atomic mass is 9.93. The molecule has 1 aliphatic heterocycles. The molecule has 1 aliphatic rings. The number of aryl methyl sites for hydroxylation is 1. The summed E-state index contributed by atoms with van der Waals surface area (Å²) in [5.74, 6) is 1.36. The first-order valence-electron chi connectivity index (χ1n) is 7.72. The first-order chi connectivity index (χ1) is 10.2. The molecule has 1 atom stereocenters. The first-order valence-corrected chi connectivity index (χ1v) is 7.72. The highest BCUT2D eigenvalue weighted by molar-refractivity contribution is 5.69. The van der Waals surface area contributed by atoms with Crippen LogP contribution in [0.25, 0.3) is 0 Å². The van der Waals surface area contributed by atoms with Gasteiger partial charge in [0.25, 0.3) is 0 Å². The van der Waals surface area contributed by atoms with Crippen molar-refractivity contribution in [2.24, 2.45) is 5.92 Å². The van der Waals surface area contributed by atoms with Gasteiger partial charge in [0.1, 0.15) is 5.75 Å². The molecule has 2 rings (SSSR count). The minimum atomic E-state index is -0.171. The van der Waals surface area contributed by atoms with Crippen LogP contribution in [-0.2, 0) is 16.0 Å². The molecule has 0 bridgehead atoms. The van der Waals surface area contributed by atoms with E-state index in [9.17, 15) is 4.79 Å². The zero-order chi connectivity index (χ0) is 15.1. The Hall–Kier alpha value is -1.55. The van der Waals surface area contributed by atoms with E-state index in [2.05, 4.69) is 17.0 Å². The number of hydrogen-bond donors (Lipinski definition) is 1. The predicted octanol–water partition coefficient (Wildman–Crippen LogP) is 2.56. The summed E-state index contributed by atoms with van der Waals surface area (Å²) in [5.41, 5.74) is 1.13. The maximum absolute atomic E-state index is 11.1. The zero-order valence-corrected chi connectivity index (χ0v) is 12.9. The van der Waals surface area contributed by atoms with Crippen molar-refractivity contribution in [3.63, 3.8) is 0 Å². The Morgan fingerprint density at radius 3 is 2.57 bits per heavy atom. The van der Waals surface area contributed by atoms with Crippen molar-refractivity contribution in [1.82, 2.24) is 5.32 Å². The van der Waals surface area contributed by atoms with Crippen molar-refractivity contribution in [1.29, 1.82) is 0 Å². The molecule has 4 heteroatoms. The summed E-state index contributed by atoms with van der Waals surface area (Å²) in [4.78, 5) is 11.1. The summed E-state index contributed by atoms with van der Waals surface area (Å²) in [6, 6.07) is 8.02. The van der Waals surface area contributed by atoms with Crippen molar-refractivity contribution in [3.05, 3.63) is 29.8 Å². The largest absolute Gasteiger partial charge is 0.490 e. The van der Waals surface area contributed by atoms with Gasteiger partial charge < -0.3 is 14.8 Å². The summed E-state index contributed by atoms with van der Waals surface area (Å²) in [6.45, 7) is 4.33. The van der Waals surface area contributed by atoms with E-state index in [1.54, 1.807) is 0 Å². The fourth-order valence-corrected chi connectivity index (χ4v) is 2.71. The van der Waals surface area contributed by atoms with E-state index in [1.165, 1.54) is 20.0 Å². The summed E-state index contributed by atoms with van der Waals surface area (Å²) in [6.07, 6.45) is 3.73. The van der Waals surface area contributed by atoms with Gasteiger partial charge in [0.05, 0.1) is 13.2 Å². The van der Waals surface area contributed by atoms with Gasteiger partial charge in [-0.2, -0.15) is 0 Å². The van der Waals surface area contributed by atoms with Crippen LogP contribution >= 0.6 is 0 Å². The molecule has 1 fully saturated rings. The summed E-state index contributed by atoms with van der Waals surface area (Å²) in [7, 11) is 1.42. The molecule has 21 heavy (non-hydrogen) atoms. The Labute approximate surface area is 126 Å². The molecule has 1 saturated heterocycles. The van der Waals surface area contributed by atoms with Gasteiger partial charge in [0.2, 0.25) is 0 Å². The number of carbonyl (C=O) groups excluding carboxylic acids is 1. The van der Waals surface area contributed by atoms with Crippen molar-refractivity contribution >= 4 is 5.97 Å². The van der Waals surface area contributed by atoms with Crippen molar-refractivity contribution < 1.29 is 14.3 Å². The molecule has 1 N–H and O–H groups in total. The summed E-state index contributed by atoms with van der Waals surface area (Å²) >= 11 is 0. The van der Waals surface area contributed by atoms with Gasteiger partial charge in [0, 0.05) is 6.42 Å². The van der Waals surface area contributed by atoms with Crippen LogP contribution in [0.4, 0.5) is 0 Å². The molecule has 1 unspecified atom stereocenters. The Morgan fingerprint density at radius 1 is 1.29 bits per heavy atom. The lowest BCUT2D eigenvalue weighted by Gasteiger charge is -2.28. The molecular formula is C17H25NO3. The van der Waals surface area contributed by atoms with E-state index in [-0.39, 0.29) is 12.1 Å². The number of ether oxygens (including phenoxy) is 2. The molecule has 0 amide bonds. The lowest BCUT2D eigenvalue weighted by molar-refractivity contribution is -0.140. The normalized spacial score (nSPS) is 17.2. The van der Waals surface area contributed by atoms with Crippen molar-refractivity contribution in [3.8, 4) is 5.75 Å². The fourth-order valence-electron chi connectivity index (χ4n) is 2.71. The highest BCUT2D eigenvalue weighted by atomic mass is 16.5. The average molecular weight is 291 g/mol. The van der Waals surface area contributed by atoms with Gasteiger partial charge in [0.15, 0.2) is 0 Å². The van der Waals surface area contributed by atoms with Crippen LogP contribution < -0.4 is 10.1 Å². The molecule has 0 saturated carbocycles. The second-order valence-corrected chi connectivity index (χ2v) is 5.63. The Kier molecular flexibility index (Phi) is 6.05. The smallest absolute Gasteiger partial charge is 0.305 e. The van der Waals surface area contributed by atoms with Crippen LogP contribution in [0.15, 0.2) is 24.3 Å². The molecular weight excluding hydrogens is 266 g/mol. The van der Waals surface area contributed by atoms with E-state index < -0.39 is 0 Å². The summed E-state index contributed by atoms with van der Waals surface area (Å²) < 4.78 is 10.7. The molecule has 0 aliphatic carbocycles. The Bertz CT molecular complexity index is 438. The predicted molar refractivity (Wildman–Crippen MR) is 82.5 cm³/mol. The molecule has 1 heterocycles. The number of hydrogen-bond acceptors (Lipinski definition) is 4. The number of carbonyl (C=O) groups is 1. The van der Waals surface area contributed by atoms with Gasteiger partial charge in [-0.15, -0.1) is 0 Å². The van der Waals surface area contributed by atoms with Crippen LogP contribution in [0, 0.1) is 5.92 Å². The topological polar surface area (TPSA) is 47.6 Å². The number of nitrogens with one attached hydrogen (secondary N) is 1. The maximum atomic E-state index is 11.1. The summed E-state index contributed by atoms with van der Waals surface area (Å²) in [5, 5.41) is 3.38. The molecule has 116 valence electrons. The maximum Gasteiger partial charge on any atom is 0.305 e. The number of methoxy groups -OCH3 is 1. The first kappa shape index (κ1) is 15.8. The standard InChI is InChI=1S/C17H25NO3/c1-13(15-9-11-18-12-10-15)21-16-6-3-14(4-7-16)5-8-17(19)20-2/h3-4,6-7,13,15,18H,5,8-12H2,1-2H3. The molecule has 0 aromatic heterocycles. The van der Waals surface area contributed by atoms with E-state index in [0.29, 0.717) is 18.8 Å². The van der Waals surface area contributed by atoms with Crippen molar-refractivity contribution in [2.45, 2.75) is 38.7 Å². The molecule has 1 aromatic carbocycles. The Balaban J connectivity index is 1.82. The third-order valence-corrected chi connectivity index (χ3v) is 4.14. The number of benzene rings is 1. The van der Waals surface area contributed by atoms with E-state index in [1.807, 2.05) is 24.3 Å².